The Kier molecular flexibility index (Phi) is 4.49. The summed E-state index contributed by atoms with van der Waals surface area (Å²) in [6, 6.07) is 15.6. The van der Waals surface area contributed by atoms with E-state index in [0.29, 0.717) is 16.9 Å². The average Bonchev–Trinajstić information content (AvgIpc) is 2.61. The predicted molar refractivity (Wildman–Crippen MR) is 91.4 cm³/mol. The predicted octanol–water partition coefficient (Wildman–Crippen LogP) is 5.75. The van der Waals surface area contributed by atoms with Crippen molar-refractivity contribution in [3.63, 3.8) is 0 Å². The van der Waals surface area contributed by atoms with Gasteiger partial charge in [-0.3, -0.25) is 4.98 Å². The molecule has 0 atom stereocenters. The van der Waals surface area contributed by atoms with Crippen molar-refractivity contribution in [2.24, 2.45) is 0 Å². The number of hydrogen-bond acceptors (Lipinski definition) is 2. The minimum atomic E-state index is -4.49. The number of nitrogens with zero attached hydrogens (tertiary/aromatic N) is 1. The lowest BCUT2D eigenvalue weighted by Crippen LogP contribution is -2.08. The smallest absolute Gasteiger partial charge is 0.433 e. The zero-order valence-corrected chi connectivity index (χ0v) is 13.8. The van der Waals surface area contributed by atoms with Gasteiger partial charge in [-0.1, -0.05) is 36.4 Å². The zero-order chi connectivity index (χ0) is 18.0. The van der Waals surface area contributed by atoms with E-state index in [2.05, 4.69) is 4.98 Å². The third-order valence-corrected chi connectivity index (χ3v) is 4.03. The molecule has 0 aliphatic rings. The maximum Gasteiger partial charge on any atom is 0.433 e. The van der Waals surface area contributed by atoms with Gasteiger partial charge in [0.2, 0.25) is 0 Å². The molecule has 2 nitrogen and oxygen atoms in total. The molecule has 25 heavy (non-hydrogen) atoms. The number of hydrogen-bond donors (Lipinski definition) is 0. The van der Waals surface area contributed by atoms with Crippen molar-refractivity contribution < 1.29 is 17.9 Å². The van der Waals surface area contributed by atoms with Crippen LogP contribution in [-0.4, -0.2) is 12.1 Å². The highest BCUT2D eigenvalue weighted by Gasteiger charge is 2.33. The Morgan fingerprint density at radius 2 is 1.56 bits per heavy atom. The number of benzene rings is 2. The summed E-state index contributed by atoms with van der Waals surface area (Å²) in [4.78, 5) is 3.63. The van der Waals surface area contributed by atoms with Gasteiger partial charge in [0.05, 0.1) is 7.11 Å². The first-order chi connectivity index (χ1) is 11.9. The van der Waals surface area contributed by atoms with Gasteiger partial charge in [-0.2, -0.15) is 13.2 Å². The van der Waals surface area contributed by atoms with Crippen LogP contribution in [0.4, 0.5) is 13.2 Å². The fraction of sp³-hybridized carbons (Fsp3) is 0.150. The summed E-state index contributed by atoms with van der Waals surface area (Å²) in [5.74, 6) is 0.682. The number of pyridine rings is 1. The molecule has 1 aromatic heterocycles. The summed E-state index contributed by atoms with van der Waals surface area (Å²) in [6.07, 6.45) is -3.21. The van der Waals surface area contributed by atoms with E-state index < -0.39 is 11.9 Å². The molecule has 0 N–H and O–H groups in total. The summed E-state index contributed by atoms with van der Waals surface area (Å²) < 4.78 is 44.6. The van der Waals surface area contributed by atoms with E-state index in [1.54, 1.807) is 19.2 Å². The second-order valence-electron chi connectivity index (χ2n) is 5.66. The largest absolute Gasteiger partial charge is 0.497 e. The van der Waals surface area contributed by atoms with Crippen LogP contribution in [0.3, 0.4) is 0 Å². The quantitative estimate of drug-likeness (QED) is 0.604. The Labute approximate surface area is 143 Å². The average molecular weight is 343 g/mol. The molecule has 5 heteroatoms. The fourth-order valence-electron chi connectivity index (χ4n) is 2.71. The molecular formula is C20H16F3NO. The van der Waals surface area contributed by atoms with Crippen molar-refractivity contribution in [3.05, 3.63) is 72.1 Å². The third-order valence-electron chi connectivity index (χ3n) is 4.03. The van der Waals surface area contributed by atoms with Crippen LogP contribution in [0.1, 0.15) is 11.3 Å². The van der Waals surface area contributed by atoms with Gasteiger partial charge in [0, 0.05) is 11.8 Å². The monoisotopic (exact) mass is 343 g/mol. The third kappa shape index (κ3) is 3.50. The van der Waals surface area contributed by atoms with Crippen LogP contribution >= 0.6 is 0 Å². The van der Waals surface area contributed by atoms with Gasteiger partial charge < -0.3 is 4.74 Å². The summed E-state index contributed by atoms with van der Waals surface area (Å²) in [6.45, 7) is 1.88. The molecule has 0 radical (unpaired) electrons. The molecule has 0 spiro atoms. The van der Waals surface area contributed by atoms with Crippen molar-refractivity contribution in [1.29, 1.82) is 0 Å². The van der Waals surface area contributed by atoms with Gasteiger partial charge in [-0.05, 0) is 47.4 Å². The Morgan fingerprint density at radius 1 is 0.880 bits per heavy atom. The molecule has 0 fully saturated rings. The van der Waals surface area contributed by atoms with Crippen LogP contribution in [-0.2, 0) is 6.18 Å². The lowest BCUT2D eigenvalue weighted by molar-refractivity contribution is -0.141. The molecule has 0 unspecified atom stereocenters. The van der Waals surface area contributed by atoms with Crippen LogP contribution in [0.2, 0.25) is 0 Å². The Bertz CT molecular complexity index is 886. The first-order valence-corrected chi connectivity index (χ1v) is 7.68. The van der Waals surface area contributed by atoms with Crippen molar-refractivity contribution in [1.82, 2.24) is 4.98 Å². The summed E-state index contributed by atoms with van der Waals surface area (Å²) in [5, 5.41) is 0. The lowest BCUT2D eigenvalue weighted by Gasteiger charge is -2.15. The van der Waals surface area contributed by atoms with E-state index in [1.807, 2.05) is 43.3 Å². The molecule has 0 saturated heterocycles. The second-order valence-corrected chi connectivity index (χ2v) is 5.66. The molecule has 3 aromatic rings. The minimum absolute atomic E-state index is 0.505. The van der Waals surface area contributed by atoms with Crippen LogP contribution in [0.15, 0.2) is 60.8 Å². The van der Waals surface area contributed by atoms with Gasteiger partial charge in [0.1, 0.15) is 11.4 Å². The van der Waals surface area contributed by atoms with E-state index in [-0.39, 0.29) is 0 Å². The van der Waals surface area contributed by atoms with Gasteiger partial charge in [-0.15, -0.1) is 0 Å². The maximum atomic E-state index is 13.1. The van der Waals surface area contributed by atoms with Gasteiger partial charge in [0.15, 0.2) is 0 Å². The number of methoxy groups -OCH3 is 1. The van der Waals surface area contributed by atoms with Crippen molar-refractivity contribution in [2.45, 2.75) is 13.1 Å². The highest BCUT2D eigenvalue weighted by atomic mass is 19.4. The number of ether oxygens (including phenoxy) is 1. The molecule has 0 amide bonds. The molecule has 0 bridgehead atoms. The number of halogens is 3. The van der Waals surface area contributed by atoms with Crippen molar-refractivity contribution in [3.8, 4) is 28.0 Å². The van der Waals surface area contributed by atoms with E-state index in [0.717, 1.165) is 22.8 Å². The fourth-order valence-corrected chi connectivity index (χ4v) is 2.71. The minimum Gasteiger partial charge on any atom is -0.497 e. The SMILES string of the molecule is COc1ccc(-c2cnc(C(F)(F)F)cc2-c2ccccc2C)cc1. The first-order valence-electron chi connectivity index (χ1n) is 7.68. The molecule has 0 aliphatic heterocycles. The lowest BCUT2D eigenvalue weighted by atomic mass is 9.93. The van der Waals surface area contributed by atoms with Gasteiger partial charge in [0.25, 0.3) is 0 Å². The Hall–Kier alpha value is -2.82. The van der Waals surface area contributed by atoms with Crippen molar-refractivity contribution in [2.75, 3.05) is 7.11 Å². The van der Waals surface area contributed by atoms with Crippen LogP contribution < -0.4 is 4.74 Å². The number of aromatic nitrogens is 1. The molecule has 3 rings (SSSR count). The van der Waals surface area contributed by atoms with Crippen LogP contribution in [0.25, 0.3) is 22.3 Å². The standard InChI is InChI=1S/C20H16F3NO/c1-13-5-3-4-6-16(13)17-11-19(20(21,22)23)24-12-18(17)14-7-9-15(25-2)10-8-14/h3-12H,1-2H3. The van der Waals surface area contributed by atoms with E-state index >= 15 is 0 Å². The number of alkyl halides is 3. The molecular weight excluding hydrogens is 327 g/mol. The summed E-state index contributed by atoms with van der Waals surface area (Å²) in [5.41, 5.74) is 2.68. The molecule has 0 aliphatic carbocycles. The molecule has 0 saturated carbocycles. The van der Waals surface area contributed by atoms with Crippen molar-refractivity contribution >= 4 is 0 Å². The summed E-state index contributed by atoms with van der Waals surface area (Å²) in [7, 11) is 1.56. The Morgan fingerprint density at radius 3 is 2.16 bits per heavy atom. The van der Waals surface area contributed by atoms with Gasteiger partial charge in [-0.25, -0.2) is 0 Å². The highest BCUT2D eigenvalue weighted by Crippen LogP contribution is 2.38. The second kappa shape index (κ2) is 6.59. The van der Waals surface area contributed by atoms with E-state index in [9.17, 15) is 13.2 Å². The number of aryl methyl sites for hydroxylation is 1. The topological polar surface area (TPSA) is 22.1 Å². The van der Waals surface area contributed by atoms with E-state index in [1.165, 1.54) is 6.20 Å². The molecule has 2 aromatic carbocycles. The van der Waals surface area contributed by atoms with Gasteiger partial charge >= 0.3 is 6.18 Å². The van der Waals surface area contributed by atoms with Crippen LogP contribution in [0.5, 0.6) is 5.75 Å². The maximum absolute atomic E-state index is 13.1. The molecule has 1 heterocycles. The normalized spacial score (nSPS) is 11.4. The highest BCUT2D eigenvalue weighted by molar-refractivity contribution is 5.84. The van der Waals surface area contributed by atoms with Crippen LogP contribution in [0, 0.1) is 6.92 Å². The first kappa shape index (κ1) is 17.0. The number of rotatable bonds is 3. The zero-order valence-electron chi connectivity index (χ0n) is 13.8. The summed E-state index contributed by atoms with van der Waals surface area (Å²) >= 11 is 0. The molecule has 128 valence electrons. The Balaban J connectivity index is 2.22. The van der Waals surface area contributed by atoms with E-state index in [4.69, 9.17) is 4.74 Å².